The highest BCUT2D eigenvalue weighted by Crippen LogP contribution is 2.22. The summed E-state index contributed by atoms with van der Waals surface area (Å²) in [6.07, 6.45) is 4.67. The molecule has 1 aliphatic rings. The van der Waals surface area contributed by atoms with Crippen molar-refractivity contribution in [3.05, 3.63) is 42.5 Å². The number of nitrogens with one attached hydrogen (secondary N) is 1. The van der Waals surface area contributed by atoms with Crippen LogP contribution in [-0.2, 0) is 23.2 Å². The molecule has 9 heteroatoms. The highest BCUT2D eigenvalue weighted by molar-refractivity contribution is 5.98. The quantitative estimate of drug-likeness (QED) is 0.800. The predicted molar refractivity (Wildman–Crippen MR) is 104 cm³/mol. The number of nitrogens with zero attached hydrogens (tertiary/aromatic N) is 2. The first kappa shape index (κ1) is 22.2. The van der Waals surface area contributed by atoms with Gasteiger partial charge >= 0.3 is 0 Å². The van der Waals surface area contributed by atoms with Gasteiger partial charge in [0.1, 0.15) is 23.7 Å². The van der Waals surface area contributed by atoms with E-state index in [0.29, 0.717) is 44.1 Å². The van der Waals surface area contributed by atoms with Crippen molar-refractivity contribution in [2.24, 2.45) is 12.8 Å². The average molecular weight is 403 g/mol. The third kappa shape index (κ3) is 5.35. The van der Waals surface area contributed by atoms with Gasteiger partial charge in [-0.15, -0.1) is 24.8 Å². The van der Waals surface area contributed by atoms with Crippen LogP contribution in [0.25, 0.3) is 0 Å². The first-order chi connectivity index (χ1) is 11.6. The van der Waals surface area contributed by atoms with Gasteiger partial charge in [0.25, 0.3) is 0 Å². The summed E-state index contributed by atoms with van der Waals surface area (Å²) in [4.78, 5) is 16.6. The molecule has 0 atom stereocenters. The molecule has 3 rings (SSSR count). The summed E-state index contributed by atoms with van der Waals surface area (Å²) < 4.78 is 12.9. The molecule has 1 aromatic heterocycles. The van der Waals surface area contributed by atoms with Crippen LogP contribution in [0.15, 0.2) is 36.7 Å². The van der Waals surface area contributed by atoms with Gasteiger partial charge in [0.2, 0.25) is 5.91 Å². The van der Waals surface area contributed by atoms with Gasteiger partial charge in [-0.3, -0.25) is 4.79 Å². The molecule has 1 aromatic carbocycles. The van der Waals surface area contributed by atoms with Gasteiger partial charge in [0.15, 0.2) is 0 Å². The third-order valence-electron chi connectivity index (χ3n) is 4.24. The van der Waals surface area contributed by atoms with E-state index in [2.05, 4.69) is 10.3 Å². The van der Waals surface area contributed by atoms with E-state index in [-0.39, 0.29) is 30.7 Å². The molecule has 2 heterocycles. The molecular formula is C17H24Cl2N4O3. The van der Waals surface area contributed by atoms with Crippen molar-refractivity contribution in [2.45, 2.75) is 25.0 Å². The first-order valence-electron chi connectivity index (χ1n) is 7.94. The van der Waals surface area contributed by atoms with Crippen molar-refractivity contribution >= 4 is 36.4 Å². The van der Waals surface area contributed by atoms with Crippen LogP contribution >= 0.6 is 24.8 Å². The number of anilines is 1. The molecule has 3 N–H and O–H groups in total. The standard InChI is InChI=1S/C17H22N4O3.2ClH/c1-21-9-8-19-15(21)12-24-14-4-2-13(3-5-14)20-16(22)17(18)6-10-23-11-7-17;;/h2-5,8-9H,6-7,10-12,18H2,1H3,(H,20,22);2*1H. The minimum atomic E-state index is -0.856. The number of ether oxygens (including phenoxy) is 2. The average Bonchev–Trinajstić information content (AvgIpc) is 3.00. The number of nitrogens with two attached hydrogens (primary N) is 1. The van der Waals surface area contributed by atoms with Gasteiger partial charge < -0.3 is 25.1 Å². The fourth-order valence-corrected chi connectivity index (χ4v) is 2.54. The Balaban J connectivity index is 0.00000169. The van der Waals surface area contributed by atoms with Crippen LogP contribution in [0.5, 0.6) is 5.75 Å². The van der Waals surface area contributed by atoms with Crippen LogP contribution in [0.3, 0.4) is 0 Å². The number of hydrogen-bond acceptors (Lipinski definition) is 5. The zero-order valence-corrected chi connectivity index (χ0v) is 16.1. The maximum Gasteiger partial charge on any atom is 0.244 e. The molecule has 26 heavy (non-hydrogen) atoms. The topological polar surface area (TPSA) is 91.4 Å². The smallest absolute Gasteiger partial charge is 0.244 e. The van der Waals surface area contributed by atoms with Crippen LogP contribution in [-0.4, -0.2) is 34.2 Å². The number of imidazole rings is 1. The number of rotatable bonds is 5. The number of aromatic nitrogens is 2. The van der Waals surface area contributed by atoms with Crippen LogP contribution in [0, 0.1) is 0 Å². The van der Waals surface area contributed by atoms with E-state index in [9.17, 15) is 4.79 Å². The molecule has 1 aliphatic heterocycles. The van der Waals surface area contributed by atoms with E-state index >= 15 is 0 Å². The summed E-state index contributed by atoms with van der Waals surface area (Å²) in [5, 5.41) is 2.87. The van der Waals surface area contributed by atoms with Crippen molar-refractivity contribution in [1.29, 1.82) is 0 Å². The molecule has 1 saturated heterocycles. The lowest BCUT2D eigenvalue weighted by atomic mass is 9.90. The SMILES string of the molecule is Cl.Cl.Cn1ccnc1COc1ccc(NC(=O)C2(N)CCOCC2)cc1. The van der Waals surface area contributed by atoms with Gasteiger partial charge in [-0.2, -0.15) is 0 Å². The molecule has 0 radical (unpaired) electrons. The van der Waals surface area contributed by atoms with Gasteiger partial charge in [-0.1, -0.05) is 0 Å². The maximum atomic E-state index is 12.4. The lowest BCUT2D eigenvalue weighted by molar-refractivity contribution is -0.124. The molecule has 0 saturated carbocycles. The van der Waals surface area contributed by atoms with E-state index in [4.69, 9.17) is 15.2 Å². The second kappa shape index (κ2) is 9.78. The molecular weight excluding hydrogens is 379 g/mol. The van der Waals surface area contributed by atoms with E-state index in [1.54, 1.807) is 18.3 Å². The molecule has 1 amide bonds. The number of hydrogen-bond donors (Lipinski definition) is 2. The summed E-state index contributed by atoms with van der Waals surface area (Å²) in [5.41, 5.74) is 6.01. The van der Waals surface area contributed by atoms with E-state index in [0.717, 1.165) is 5.82 Å². The minimum absolute atomic E-state index is 0. The normalized spacial score (nSPS) is 15.3. The Morgan fingerprint density at radius 2 is 1.96 bits per heavy atom. The summed E-state index contributed by atoms with van der Waals surface area (Å²) in [5.74, 6) is 1.38. The molecule has 0 bridgehead atoms. The number of amides is 1. The summed E-state index contributed by atoms with van der Waals surface area (Å²) in [6, 6.07) is 7.22. The lowest BCUT2D eigenvalue weighted by Gasteiger charge is -2.31. The highest BCUT2D eigenvalue weighted by Gasteiger charge is 2.35. The number of benzene rings is 1. The monoisotopic (exact) mass is 402 g/mol. The minimum Gasteiger partial charge on any atom is -0.486 e. The zero-order chi connectivity index (χ0) is 17.0. The lowest BCUT2D eigenvalue weighted by Crippen LogP contribution is -2.54. The summed E-state index contributed by atoms with van der Waals surface area (Å²) in [7, 11) is 1.92. The van der Waals surface area contributed by atoms with Crippen molar-refractivity contribution < 1.29 is 14.3 Å². The van der Waals surface area contributed by atoms with Gasteiger partial charge in [-0.05, 0) is 37.1 Å². The van der Waals surface area contributed by atoms with E-state index in [1.165, 1.54) is 0 Å². The van der Waals surface area contributed by atoms with Crippen LogP contribution < -0.4 is 15.8 Å². The van der Waals surface area contributed by atoms with Gasteiger partial charge in [-0.25, -0.2) is 4.98 Å². The Morgan fingerprint density at radius 1 is 1.31 bits per heavy atom. The number of carbonyl (C=O) groups excluding carboxylic acids is 1. The number of halogens is 2. The van der Waals surface area contributed by atoms with Crippen molar-refractivity contribution in [3.8, 4) is 5.75 Å². The molecule has 0 unspecified atom stereocenters. The van der Waals surface area contributed by atoms with Crippen molar-refractivity contribution in [3.63, 3.8) is 0 Å². The fourth-order valence-electron chi connectivity index (χ4n) is 2.54. The largest absolute Gasteiger partial charge is 0.486 e. The number of aryl methyl sites for hydroxylation is 1. The van der Waals surface area contributed by atoms with E-state index in [1.807, 2.05) is 29.9 Å². The molecule has 1 fully saturated rings. The summed E-state index contributed by atoms with van der Waals surface area (Å²) in [6.45, 7) is 1.43. The molecule has 144 valence electrons. The van der Waals surface area contributed by atoms with Gasteiger partial charge in [0, 0.05) is 38.3 Å². The number of carbonyl (C=O) groups is 1. The van der Waals surface area contributed by atoms with Crippen LogP contribution in [0.2, 0.25) is 0 Å². The van der Waals surface area contributed by atoms with Gasteiger partial charge in [0.05, 0.1) is 0 Å². The zero-order valence-electron chi connectivity index (χ0n) is 14.5. The first-order valence-corrected chi connectivity index (χ1v) is 7.94. The van der Waals surface area contributed by atoms with Crippen molar-refractivity contribution in [1.82, 2.24) is 9.55 Å². The molecule has 0 aliphatic carbocycles. The molecule has 7 nitrogen and oxygen atoms in total. The Labute approximate surface area is 165 Å². The third-order valence-corrected chi connectivity index (χ3v) is 4.24. The Kier molecular flexibility index (Phi) is 8.36. The Hall–Kier alpha value is -1.80. The van der Waals surface area contributed by atoms with Crippen LogP contribution in [0.1, 0.15) is 18.7 Å². The Morgan fingerprint density at radius 3 is 2.54 bits per heavy atom. The van der Waals surface area contributed by atoms with E-state index < -0.39 is 5.54 Å². The highest BCUT2D eigenvalue weighted by atomic mass is 35.5. The van der Waals surface area contributed by atoms with Crippen LogP contribution in [0.4, 0.5) is 5.69 Å². The second-order valence-electron chi connectivity index (χ2n) is 5.99. The summed E-state index contributed by atoms with van der Waals surface area (Å²) >= 11 is 0. The molecule has 0 spiro atoms. The van der Waals surface area contributed by atoms with Crippen molar-refractivity contribution in [2.75, 3.05) is 18.5 Å². The maximum absolute atomic E-state index is 12.4. The Bertz CT molecular complexity index is 700. The predicted octanol–water partition coefficient (Wildman–Crippen LogP) is 2.29. The second-order valence-corrected chi connectivity index (χ2v) is 5.99. The molecule has 2 aromatic rings. The fraction of sp³-hybridized carbons (Fsp3) is 0.412.